The summed E-state index contributed by atoms with van der Waals surface area (Å²) in [5, 5.41) is 50.4. The van der Waals surface area contributed by atoms with Crippen LogP contribution in [-0.2, 0) is 27.9 Å². The van der Waals surface area contributed by atoms with Crippen molar-refractivity contribution in [1.82, 2.24) is 0 Å². The van der Waals surface area contributed by atoms with Crippen molar-refractivity contribution in [2.45, 2.75) is 313 Å². The largest absolute Gasteiger partial charge is 0.472 e. The van der Waals surface area contributed by atoms with E-state index in [0.29, 0.717) is 13.0 Å². The highest BCUT2D eigenvalue weighted by Gasteiger charge is 2.51. The van der Waals surface area contributed by atoms with Gasteiger partial charge in [-0.15, -0.1) is 0 Å². The lowest BCUT2D eigenvalue weighted by atomic mass is 9.85. The van der Waals surface area contributed by atoms with Crippen molar-refractivity contribution in [3.63, 3.8) is 0 Å². The first-order chi connectivity index (χ1) is 33.0. The number of aliphatic hydroxyl groups is 5. The third-order valence-corrected chi connectivity index (χ3v) is 14.6. The summed E-state index contributed by atoms with van der Waals surface area (Å²) in [5.41, 5.74) is 0. The Morgan fingerprint density at radius 2 is 0.779 bits per heavy atom. The molecule has 0 amide bonds. The standard InChI is InChI=1S/C55H107O12P/c1-3-5-7-9-11-13-15-17-19-21-22-23-24-25-26-27-29-31-33-35-37-39-41-43-45-64-46-48(47-65-68(62,63)67-55-53(60)51(58)50(57)52(59)54(55)61)66-49(56)44-42-40-38-36-34-32-30-28-20-18-16-14-12-10-8-6-4-2/h18,20,48,50-55,57-61H,3-17,19,21-47H2,1-2H3,(H,62,63)/b20-18-. The van der Waals surface area contributed by atoms with Crippen LogP contribution in [0.5, 0.6) is 0 Å². The van der Waals surface area contributed by atoms with Crippen LogP contribution in [0.3, 0.4) is 0 Å². The van der Waals surface area contributed by atoms with Gasteiger partial charge in [-0.05, 0) is 38.5 Å². The van der Waals surface area contributed by atoms with E-state index in [1.54, 1.807) is 0 Å². The molecule has 6 N–H and O–H groups in total. The van der Waals surface area contributed by atoms with Crippen molar-refractivity contribution < 1.29 is 58.3 Å². The Kier molecular flexibility index (Phi) is 43.9. The molecule has 1 aliphatic rings. The zero-order chi connectivity index (χ0) is 49.8. The minimum absolute atomic E-state index is 0.0718. The van der Waals surface area contributed by atoms with Crippen molar-refractivity contribution >= 4 is 13.8 Å². The van der Waals surface area contributed by atoms with Crippen LogP contribution < -0.4 is 0 Å². The molecule has 68 heavy (non-hydrogen) atoms. The van der Waals surface area contributed by atoms with Crippen LogP contribution in [0.25, 0.3) is 0 Å². The van der Waals surface area contributed by atoms with Gasteiger partial charge in [0.05, 0.1) is 13.2 Å². The predicted molar refractivity (Wildman–Crippen MR) is 277 cm³/mol. The number of carbonyl (C=O) groups excluding carboxylic acids is 1. The van der Waals surface area contributed by atoms with E-state index in [2.05, 4.69) is 26.0 Å². The fraction of sp³-hybridized carbons (Fsp3) is 0.945. The van der Waals surface area contributed by atoms with E-state index < -0.39 is 63.1 Å². The van der Waals surface area contributed by atoms with Gasteiger partial charge in [0.1, 0.15) is 42.7 Å². The number of aliphatic hydroxyl groups excluding tert-OH is 5. The monoisotopic (exact) mass is 991 g/mol. The normalized spacial score (nSPS) is 21.1. The molecular weight excluding hydrogens is 884 g/mol. The molecule has 1 rings (SSSR count). The van der Waals surface area contributed by atoms with Gasteiger partial charge in [-0.25, -0.2) is 4.57 Å². The van der Waals surface area contributed by atoms with Gasteiger partial charge < -0.3 is 39.9 Å². The predicted octanol–water partition coefficient (Wildman–Crippen LogP) is 13.4. The maximum absolute atomic E-state index is 12.9. The van der Waals surface area contributed by atoms with Crippen LogP contribution in [0.2, 0.25) is 0 Å². The van der Waals surface area contributed by atoms with E-state index in [1.807, 2.05) is 0 Å². The number of phosphoric ester groups is 1. The van der Waals surface area contributed by atoms with E-state index in [0.717, 1.165) is 44.9 Å². The minimum Gasteiger partial charge on any atom is -0.457 e. The number of phosphoric acid groups is 1. The average Bonchev–Trinajstić information content (AvgIpc) is 3.32. The van der Waals surface area contributed by atoms with Crippen molar-refractivity contribution in [1.29, 1.82) is 0 Å². The molecule has 0 aromatic carbocycles. The molecule has 1 fully saturated rings. The number of rotatable bonds is 50. The molecule has 0 saturated heterocycles. The summed E-state index contributed by atoms with van der Waals surface area (Å²) in [6.07, 6.45) is 41.4. The van der Waals surface area contributed by atoms with E-state index in [-0.39, 0.29) is 13.0 Å². The highest BCUT2D eigenvalue weighted by atomic mass is 31.2. The topological polar surface area (TPSA) is 192 Å². The second-order valence-corrected chi connectivity index (χ2v) is 21.6. The van der Waals surface area contributed by atoms with Gasteiger partial charge in [0.25, 0.3) is 0 Å². The van der Waals surface area contributed by atoms with Gasteiger partial charge in [0.15, 0.2) is 0 Å². The number of allylic oxidation sites excluding steroid dienone is 2. The van der Waals surface area contributed by atoms with Gasteiger partial charge >= 0.3 is 13.8 Å². The zero-order valence-electron chi connectivity index (χ0n) is 43.7. The quantitative estimate of drug-likeness (QED) is 0.0146. The maximum Gasteiger partial charge on any atom is 0.472 e. The van der Waals surface area contributed by atoms with Gasteiger partial charge in [-0.3, -0.25) is 13.8 Å². The summed E-state index contributed by atoms with van der Waals surface area (Å²) < 4.78 is 34.4. The molecule has 12 nitrogen and oxygen atoms in total. The number of hydrogen-bond acceptors (Lipinski definition) is 11. The number of ether oxygens (including phenoxy) is 2. The Labute approximate surface area is 416 Å². The Bertz CT molecular complexity index is 1180. The molecular formula is C55H107O12P. The van der Waals surface area contributed by atoms with Crippen LogP contribution in [0, 0.1) is 0 Å². The molecule has 404 valence electrons. The van der Waals surface area contributed by atoms with Gasteiger partial charge in [-0.1, -0.05) is 238 Å². The number of unbranched alkanes of at least 4 members (excludes halogenated alkanes) is 36. The van der Waals surface area contributed by atoms with Gasteiger partial charge in [0, 0.05) is 13.0 Å². The smallest absolute Gasteiger partial charge is 0.457 e. The van der Waals surface area contributed by atoms with E-state index in [1.165, 1.54) is 199 Å². The average molecular weight is 991 g/mol. The number of carbonyl (C=O) groups is 1. The molecule has 1 saturated carbocycles. The highest BCUT2D eigenvalue weighted by Crippen LogP contribution is 2.47. The van der Waals surface area contributed by atoms with Crippen LogP contribution in [0.4, 0.5) is 0 Å². The Hall–Kier alpha value is -0.920. The summed E-state index contributed by atoms with van der Waals surface area (Å²) >= 11 is 0. The van der Waals surface area contributed by atoms with Crippen molar-refractivity contribution in [2.75, 3.05) is 19.8 Å². The second-order valence-electron chi connectivity index (χ2n) is 20.1. The molecule has 0 spiro atoms. The zero-order valence-corrected chi connectivity index (χ0v) is 44.6. The molecule has 0 aromatic heterocycles. The minimum atomic E-state index is -5.02. The fourth-order valence-electron chi connectivity index (χ4n) is 9.12. The molecule has 0 aromatic rings. The molecule has 0 heterocycles. The molecule has 6 unspecified atom stereocenters. The molecule has 13 heteroatoms. The van der Waals surface area contributed by atoms with Crippen LogP contribution in [0.15, 0.2) is 12.2 Å². The van der Waals surface area contributed by atoms with Gasteiger partial charge in [0.2, 0.25) is 0 Å². The molecule has 0 bridgehead atoms. The summed E-state index contributed by atoms with van der Waals surface area (Å²) in [7, 11) is -5.02. The lowest BCUT2D eigenvalue weighted by Crippen LogP contribution is -2.64. The molecule has 0 aliphatic heterocycles. The second kappa shape index (κ2) is 45.9. The number of esters is 1. The van der Waals surface area contributed by atoms with Crippen LogP contribution in [0.1, 0.15) is 271 Å². The van der Waals surface area contributed by atoms with Crippen LogP contribution >= 0.6 is 7.82 Å². The van der Waals surface area contributed by atoms with E-state index in [9.17, 15) is 39.8 Å². The van der Waals surface area contributed by atoms with E-state index in [4.69, 9.17) is 18.5 Å². The molecule has 0 radical (unpaired) electrons. The third-order valence-electron chi connectivity index (χ3n) is 13.6. The summed E-state index contributed by atoms with van der Waals surface area (Å²) in [5.74, 6) is -0.475. The first-order valence-corrected chi connectivity index (χ1v) is 30.0. The van der Waals surface area contributed by atoms with Crippen molar-refractivity contribution in [3.05, 3.63) is 12.2 Å². The lowest BCUT2D eigenvalue weighted by Gasteiger charge is -2.41. The van der Waals surface area contributed by atoms with Crippen LogP contribution in [-0.4, -0.2) is 98.9 Å². The summed E-state index contributed by atoms with van der Waals surface area (Å²) in [6, 6.07) is 0. The summed E-state index contributed by atoms with van der Waals surface area (Å²) in [6.45, 7) is 4.31. The fourth-order valence-corrected chi connectivity index (χ4v) is 10.1. The number of hydrogen-bond donors (Lipinski definition) is 6. The first-order valence-electron chi connectivity index (χ1n) is 28.5. The molecule has 6 atom stereocenters. The highest BCUT2D eigenvalue weighted by molar-refractivity contribution is 7.47. The maximum atomic E-state index is 12.9. The summed E-state index contributed by atoms with van der Waals surface area (Å²) in [4.78, 5) is 23.3. The van der Waals surface area contributed by atoms with Crippen molar-refractivity contribution in [2.24, 2.45) is 0 Å². The first kappa shape index (κ1) is 65.1. The van der Waals surface area contributed by atoms with Gasteiger partial charge in [-0.2, -0.15) is 0 Å². The Morgan fingerprint density at radius 1 is 0.456 bits per heavy atom. The molecule has 1 aliphatic carbocycles. The van der Waals surface area contributed by atoms with Crippen molar-refractivity contribution in [3.8, 4) is 0 Å². The SMILES string of the molecule is CCCCCCCC/C=C\CCCCCCCCCC(=O)OC(COCCCCCCCCCCCCCCCCCCCCCCCCCC)COP(=O)(O)OC1C(O)C(O)C(O)C(O)C1O. The lowest BCUT2D eigenvalue weighted by molar-refractivity contribution is -0.220. The Balaban J connectivity index is 2.26. The Morgan fingerprint density at radius 3 is 1.16 bits per heavy atom. The van der Waals surface area contributed by atoms with E-state index >= 15 is 0 Å². The third kappa shape index (κ3) is 36.9.